The number of hydrogen-bond donors (Lipinski definition) is 2. The van der Waals surface area contributed by atoms with Gasteiger partial charge in [0, 0.05) is 6.54 Å². The van der Waals surface area contributed by atoms with Crippen LogP contribution in [0.4, 0.5) is 18.0 Å². The van der Waals surface area contributed by atoms with E-state index in [0.717, 1.165) is 0 Å². The van der Waals surface area contributed by atoms with E-state index >= 15 is 0 Å². The molecule has 208 valence electrons. The lowest BCUT2D eigenvalue weighted by Gasteiger charge is -2.41. The predicted molar refractivity (Wildman–Crippen MR) is 137 cm³/mol. The van der Waals surface area contributed by atoms with Gasteiger partial charge < -0.3 is 19.9 Å². The van der Waals surface area contributed by atoms with E-state index in [2.05, 4.69) is 10.5 Å². The van der Waals surface area contributed by atoms with Gasteiger partial charge in [-0.05, 0) is 62.1 Å². The molecule has 1 saturated heterocycles. The molecule has 2 aromatic rings. The topological polar surface area (TPSA) is 98.4 Å². The molecule has 0 unspecified atom stereocenters. The summed E-state index contributed by atoms with van der Waals surface area (Å²) in [6.45, 7) is 6.38. The fourth-order valence-corrected chi connectivity index (χ4v) is 4.13. The van der Waals surface area contributed by atoms with Gasteiger partial charge in [-0.25, -0.2) is 23.4 Å². The number of alkyl halides is 2. The molecule has 3 atom stereocenters. The van der Waals surface area contributed by atoms with Crippen LogP contribution in [0.1, 0.15) is 62.1 Å². The molecule has 0 aliphatic carbocycles. The maximum atomic E-state index is 13.7. The molecule has 1 aliphatic heterocycles. The van der Waals surface area contributed by atoms with Gasteiger partial charge in [0.25, 0.3) is 0 Å². The first kappa shape index (κ1) is 29.4. The monoisotopic (exact) mass is 536 g/mol. The summed E-state index contributed by atoms with van der Waals surface area (Å²) in [4.78, 5) is 13.9. The maximum Gasteiger partial charge on any atom is 0.428 e. The van der Waals surface area contributed by atoms with E-state index in [1.807, 2.05) is 4.90 Å². The molecule has 0 spiro atoms. The summed E-state index contributed by atoms with van der Waals surface area (Å²) in [5, 5.41) is 3.93. The number of morpholine rings is 1. The van der Waals surface area contributed by atoms with E-state index in [0.29, 0.717) is 35.4 Å². The Kier molecular flexibility index (Phi) is 10.1. The second kappa shape index (κ2) is 13.1. The van der Waals surface area contributed by atoms with E-state index in [1.165, 1.54) is 18.2 Å². The second-order valence-corrected chi connectivity index (χ2v) is 10.1. The number of ether oxygens (including phenoxy) is 3. The largest absolute Gasteiger partial charge is 0.443 e. The number of halogens is 3. The van der Waals surface area contributed by atoms with Crippen molar-refractivity contribution in [2.75, 3.05) is 19.7 Å². The number of carbonyl (C=O) groups excluding carboxylic acids is 1. The van der Waals surface area contributed by atoms with Gasteiger partial charge in [-0.2, -0.15) is 5.10 Å². The molecule has 8 nitrogen and oxygen atoms in total. The average molecular weight is 537 g/mol. The molecule has 2 aromatic carbocycles. The number of nitrogens with one attached hydrogen (secondary N) is 1. The van der Waals surface area contributed by atoms with E-state index in [-0.39, 0.29) is 12.4 Å². The van der Waals surface area contributed by atoms with Crippen LogP contribution >= 0.6 is 0 Å². The van der Waals surface area contributed by atoms with Gasteiger partial charge >= 0.3 is 6.09 Å². The average Bonchev–Trinajstić information content (AvgIpc) is 2.87. The highest BCUT2D eigenvalue weighted by molar-refractivity contribution is 5.83. The standard InChI is InChI=1S/C27H35F3N4O4/c1-17(21-12-18(14-28)11-19(13-21)15-29)37-25-24(20-5-7-22(30)8-6-20)34(9-10-36-25)16-23(31)32-33-26(35)38-27(2,3)4/h5-8,11-13,17,24-25H,9-10,14-16H2,1-4H3,(H2,31,32)(H,33,35)/t17-,24+,25-/m1/s1. The first-order chi connectivity index (χ1) is 18.0. The van der Waals surface area contributed by atoms with E-state index < -0.39 is 49.3 Å². The van der Waals surface area contributed by atoms with Crippen molar-refractivity contribution in [3.63, 3.8) is 0 Å². The summed E-state index contributed by atoms with van der Waals surface area (Å²) >= 11 is 0. The molecule has 0 aromatic heterocycles. The summed E-state index contributed by atoms with van der Waals surface area (Å²) in [7, 11) is 0. The fourth-order valence-electron chi connectivity index (χ4n) is 4.13. The zero-order valence-electron chi connectivity index (χ0n) is 22.0. The Bertz CT molecular complexity index is 1090. The third kappa shape index (κ3) is 8.44. The first-order valence-corrected chi connectivity index (χ1v) is 12.3. The molecule has 3 N–H and O–H groups in total. The summed E-state index contributed by atoms with van der Waals surface area (Å²) < 4.78 is 57.8. The number of amides is 1. The van der Waals surface area contributed by atoms with Crippen molar-refractivity contribution in [3.05, 3.63) is 70.5 Å². The number of hydrogen-bond acceptors (Lipinski definition) is 6. The number of rotatable bonds is 9. The Labute approximate surface area is 220 Å². The van der Waals surface area contributed by atoms with E-state index in [1.54, 1.807) is 52.0 Å². The second-order valence-electron chi connectivity index (χ2n) is 10.1. The lowest BCUT2D eigenvalue weighted by Crippen LogP contribution is -2.49. The zero-order chi connectivity index (χ0) is 27.9. The summed E-state index contributed by atoms with van der Waals surface area (Å²) in [5.74, 6) is -0.285. The fraction of sp³-hybridized carbons (Fsp3) is 0.481. The van der Waals surface area contributed by atoms with Crippen LogP contribution < -0.4 is 11.2 Å². The molecule has 1 amide bonds. The zero-order valence-corrected chi connectivity index (χ0v) is 22.0. The normalized spacial score (nSPS) is 19.7. The van der Waals surface area contributed by atoms with Gasteiger partial charge in [0.2, 0.25) is 0 Å². The van der Waals surface area contributed by atoms with Crippen LogP contribution in [0.3, 0.4) is 0 Å². The number of nitrogens with zero attached hydrogens (tertiary/aromatic N) is 2. The van der Waals surface area contributed by atoms with Crippen molar-refractivity contribution in [2.45, 2.75) is 65.1 Å². The van der Waals surface area contributed by atoms with Crippen LogP contribution in [-0.2, 0) is 27.6 Å². The Morgan fingerprint density at radius 1 is 1.18 bits per heavy atom. The number of nitrogens with two attached hydrogens (primary N) is 1. The van der Waals surface area contributed by atoms with Gasteiger partial charge in [-0.1, -0.05) is 30.3 Å². The van der Waals surface area contributed by atoms with Crippen LogP contribution in [0.2, 0.25) is 0 Å². The summed E-state index contributed by atoms with van der Waals surface area (Å²) in [6, 6.07) is 10.1. The van der Waals surface area contributed by atoms with Gasteiger partial charge in [0.05, 0.1) is 25.3 Å². The van der Waals surface area contributed by atoms with Crippen LogP contribution in [-0.4, -0.2) is 48.4 Å². The Hall–Kier alpha value is -3.15. The maximum absolute atomic E-state index is 13.7. The predicted octanol–water partition coefficient (Wildman–Crippen LogP) is 5.04. The van der Waals surface area contributed by atoms with Crippen molar-refractivity contribution in [3.8, 4) is 0 Å². The van der Waals surface area contributed by atoms with Crippen molar-refractivity contribution in [2.24, 2.45) is 10.8 Å². The molecular weight excluding hydrogens is 501 g/mol. The number of amidine groups is 1. The smallest absolute Gasteiger partial charge is 0.428 e. The molecular formula is C27H35F3N4O4. The molecule has 0 radical (unpaired) electrons. The minimum absolute atomic E-state index is 0.111. The highest BCUT2D eigenvalue weighted by Crippen LogP contribution is 2.34. The van der Waals surface area contributed by atoms with Gasteiger partial charge in [-0.15, -0.1) is 0 Å². The quantitative estimate of drug-likeness (QED) is 0.265. The van der Waals surface area contributed by atoms with Crippen LogP contribution in [0, 0.1) is 5.82 Å². The molecule has 38 heavy (non-hydrogen) atoms. The van der Waals surface area contributed by atoms with Crippen LogP contribution in [0.5, 0.6) is 0 Å². The third-order valence-corrected chi connectivity index (χ3v) is 5.77. The number of benzene rings is 2. The van der Waals surface area contributed by atoms with Crippen molar-refractivity contribution >= 4 is 11.9 Å². The van der Waals surface area contributed by atoms with Crippen molar-refractivity contribution in [1.29, 1.82) is 0 Å². The van der Waals surface area contributed by atoms with Crippen molar-refractivity contribution < 1.29 is 32.2 Å². The van der Waals surface area contributed by atoms with Gasteiger partial charge in [-0.3, -0.25) is 4.90 Å². The molecule has 0 bridgehead atoms. The SMILES string of the molecule is C[C@@H](O[C@H]1OCCN(C/C(N)=N\NC(=O)OC(C)(C)C)[C@H]1c1ccc(F)cc1)c1cc(CF)cc(CF)c1. The summed E-state index contributed by atoms with van der Waals surface area (Å²) in [6.07, 6.45) is -2.13. The molecule has 3 rings (SSSR count). The van der Waals surface area contributed by atoms with Crippen LogP contribution in [0.15, 0.2) is 47.6 Å². The van der Waals surface area contributed by atoms with E-state index in [4.69, 9.17) is 19.9 Å². The molecule has 1 fully saturated rings. The third-order valence-electron chi connectivity index (χ3n) is 5.77. The number of hydrazone groups is 1. The molecule has 1 heterocycles. The summed E-state index contributed by atoms with van der Waals surface area (Å²) in [5.41, 5.74) is 9.72. The molecule has 11 heteroatoms. The van der Waals surface area contributed by atoms with Gasteiger partial charge in [0.15, 0.2) is 6.29 Å². The number of carbonyl (C=O) groups is 1. The minimum Gasteiger partial charge on any atom is -0.443 e. The van der Waals surface area contributed by atoms with Crippen LogP contribution in [0.25, 0.3) is 0 Å². The van der Waals surface area contributed by atoms with E-state index in [9.17, 15) is 18.0 Å². The Balaban J connectivity index is 1.82. The van der Waals surface area contributed by atoms with Gasteiger partial charge in [0.1, 0.15) is 30.6 Å². The highest BCUT2D eigenvalue weighted by Gasteiger charge is 2.36. The minimum atomic E-state index is -0.821. The first-order valence-electron chi connectivity index (χ1n) is 12.3. The Morgan fingerprint density at radius 3 is 2.39 bits per heavy atom. The molecule has 0 saturated carbocycles. The van der Waals surface area contributed by atoms with Crippen molar-refractivity contribution in [1.82, 2.24) is 10.3 Å². The highest BCUT2D eigenvalue weighted by atomic mass is 19.1. The molecule has 1 aliphatic rings. The lowest BCUT2D eigenvalue weighted by atomic mass is 10.0. The Morgan fingerprint density at radius 2 is 1.82 bits per heavy atom. The lowest BCUT2D eigenvalue weighted by molar-refractivity contribution is -0.227.